The maximum atomic E-state index is 13.1. The van der Waals surface area contributed by atoms with Gasteiger partial charge in [-0.2, -0.15) is 0 Å². The number of hydrogen-bond acceptors (Lipinski definition) is 5. The zero-order chi connectivity index (χ0) is 24.3. The first-order chi connectivity index (χ1) is 15.4. The van der Waals surface area contributed by atoms with E-state index in [1.54, 1.807) is 70.1 Å². The van der Waals surface area contributed by atoms with E-state index in [0.717, 1.165) is 18.2 Å². The number of benzene rings is 1. The SMILES string of the molecule is CN(C)C(=O)[C@H]1CCCC(N(NC(=O)c2ccc3cc(Cl)ccc3n2)C(=O)OC(C)(C)C)C1. The van der Waals surface area contributed by atoms with Crippen LogP contribution in [0.5, 0.6) is 0 Å². The van der Waals surface area contributed by atoms with Gasteiger partial charge in [-0.05, 0) is 64.3 Å². The first-order valence-electron chi connectivity index (χ1n) is 11.1. The van der Waals surface area contributed by atoms with E-state index in [2.05, 4.69) is 10.4 Å². The van der Waals surface area contributed by atoms with Crippen molar-refractivity contribution in [2.75, 3.05) is 14.1 Å². The maximum Gasteiger partial charge on any atom is 0.429 e. The minimum Gasteiger partial charge on any atom is -0.442 e. The Labute approximate surface area is 199 Å². The van der Waals surface area contributed by atoms with Gasteiger partial charge in [-0.25, -0.2) is 14.8 Å². The van der Waals surface area contributed by atoms with Gasteiger partial charge in [-0.15, -0.1) is 0 Å². The highest BCUT2D eigenvalue weighted by Crippen LogP contribution is 2.29. The Kier molecular flexibility index (Phi) is 7.47. The van der Waals surface area contributed by atoms with Gasteiger partial charge in [-0.3, -0.25) is 15.0 Å². The number of amides is 3. The standard InChI is InChI=1S/C24H31ClN4O4/c1-24(2,3)33-23(32)29(18-8-6-7-16(14-18)22(31)28(4)5)27-21(30)20-11-9-15-13-17(25)10-12-19(15)26-20/h9-13,16,18H,6-8,14H2,1-5H3,(H,27,30)/t16-,18?/m0/s1. The van der Waals surface area contributed by atoms with E-state index in [1.165, 1.54) is 5.01 Å². The van der Waals surface area contributed by atoms with E-state index in [-0.39, 0.29) is 23.6 Å². The molecule has 2 aromatic rings. The Hall–Kier alpha value is -2.87. The van der Waals surface area contributed by atoms with Gasteiger partial charge in [0.15, 0.2) is 0 Å². The van der Waals surface area contributed by atoms with Crippen LogP contribution in [0.15, 0.2) is 30.3 Å². The summed E-state index contributed by atoms with van der Waals surface area (Å²) in [4.78, 5) is 44.6. The fraction of sp³-hybridized carbons (Fsp3) is 0.500. The molecule has 1 heterocycles. The molecule has 0 bridgehead atoms. The van der Waals surface area contributed by atoms with Crippen LogP contribution >= 0.6 is 11.6 Å². The van der Waals surface area contributed by atoms with Crippen molar-refractivity contribution in [1.29, 1.82) is 0 Å². The van der Waals surface area contributed by atoms with Crippen molar-refractivity contribution in [3.05, 3.63) is 41.0 Å². The Bertz CT molecular complexity index is 1050. The fourth-order valence-corrected chi connectivity index (χ4v) is 4.16. The van der Waals surface area contributed by atoms with Crippen molar-refractivity contribution in [1.82, 2.24) is 20.3 Å². The number of fused-ring (bicyclic) bond motifs is 1. The first-order valence-corrected chi connectivity index (χ1v) is 11.4. The lowest BCUT2D eigenvalue weighted by Crippen LogP contribution is -2.55. The molecular weight excluding hydrogens is 444 g/mol. The Balaban J connectivity index is 1.84. The molecule has 1 unspecified atom stereocenters. The van der Waals surface area contributed by atoms with Crippen molar-refractivity contribution in [3.63, 3.8) is 0 Å². The molecule has 1 saturated carbocycles. The summed E-state index contributed by atoms with van der Waals surface area (Å²) >= 11 is 6.02. The molecule has 1 aromatic heterocycles. The number of nitrogens with one attached hydrogen (secondary N) is 1. The molecule has 0 radical (unpaired) electrons. The number of halogens is 1. The second kappa shape index (κ2) is 9.95. The van der Waals surface area contributed by atoms with Crippen LogP contribution in [-0.4, -0.2) is 58.5 Å². The van der Waals surface area contributed by atoms with E-state index in [0.29, 0.717) is 23.4 Å². The number of hydrazine groups is 1. The molecule has 3 rings (SSSR count). The second-order valence-electron chi connectivity index (χ2n) is 9.57. The summed E-state index contributed by atoms with van der Waals surface area (Å²) in [5, 5.41) is 2.62. The quantitative estimate of drug-likeness (QED) is 0.665. The molecule has 1 aliphatic rings. The molecule has 0 aliphatic heterocycles. The number of rotatable bonds is 3. The second-order valence-corrected chi connectivity index (χ2v) is 10.0. The van der Waals surface area contributed by atoms with Crippen LogP contribution in [-0.2, 0) is 9.53 Å². The van der Waals surface area contributed by atoms with Crippen molar-refractivity contribution in [3.8, 4) is 0 Å². The van der Waals surface area contributed by atoms with Crippen LogP contribution in [0.2, 0.25) is 5.02 Å². The maximum absolute atomic E-state index is 13.1. The van der Waals surface area contributed by atoms with E-state index < -0.39 is 17.6 Å². The van der Waals surface area contributed by atoms with Crippen LogP contribution in [0, 0.1) is 5.92 Å². The van der Waals surface area contributed by atoms with Gasteiger partial charge in [0, 0.05) is 30.4 Å². The summed E-state index contributed by atoms with van der Waals surface area (Å²) in [6.07, 6.45) is 1.95. The monoisotopic (exact) mass is 474 g/mol. The molecule has 8 nitrogen and oxygen atoms in total. The largest absolute Gasteiger partial charge is 0.442 e. The number of hydrogen-bond donors (Lipinski definition) is 1. The van der Waals surface area contributed by atoms with Gasteiger partial charge in [0.1, 0.15) is 11.3 Å². The molecule has 1 aromatic carbocycles. The van der Waals surface area contributed by atoms with Crippen molar-refractivity contribution in [2.45, 2.75) is 58.1 Å². The van der Waals surface area contributed by atoms with Crippen LogP contribution < -0.4 is 5.43 Å². The van der Waals surface area contributed by atoms with E-state index in [4.69, 9.17) is 16.3 Å². The summed E-state index contributed by atoms with van der Waals surface area (Å²) in [5.41, 5.74) is 2.73. The highest BCUT2D eigenvalue weighted by molar-refractivity contribution is 6.31. The van der Waals surface area contributed by atoms with Gasteiger partial charge in [0.05, 0.1) is 11.6 Å². The molecule has 2 atom stereocenters. The smallest absolute Gasteiger partial charge is 0.429 e. The summed E-state index contributed by atoms with van der Waals surface area (Å²) < 4.78 is 5.56. The average Bonchev–Trinajstić information content (AvgIpc) is 2.75. The summed E-state index contributed by atoms with van der Waals surface area (Å²) in [7, 11) is 3.44. The van der Waals surface area contributed by atoms with Crippen LogP contribution in [0.4, 0.5) is 4.79 Å². The molecule has 9 heteroatoms. The van der Waals surface area contributed by atoms with Gasteiger partial charge >= 0.3 is 6.09 Å². The number of carbonyl (C=O) groups is 3. The summed E-state index contributed by atoms with van der Waals surface area (Å²) in [6, 6.07) is 8.18. The summed E-state index contributed by atoms with van der Waals surface area (Å²) in [6.45, 7) is 5.29. The minimum atomic E-state index is -0.742. The zero-order valence-corrected chi connectivity index (χ0v) is 20.5. The van der Waals surface area contributed by atoms with Crippen molar-refractivity contribution < 1.29 is 19.1 Å². The highest BCUT2D eigenvalue weighted by Gasteiger charge is 2.36. The Morgan fingerprint density at radius 3 is 2.52 bits per heavy atom. The van der Waals surface area contributed by atoms with Crippen molar-refractivity contribution in [2.24, 2.45) is 5.92 Å². The normalized spacial score (nSPS) is 18.5. The molecule has 3 amide bonds. The molecule has 1 fully saturated rings. The third kappa shape index (κ3) is 6.35. The van der Waals surface area contributed by atoms with Crippen LogP contribution in [0.25, 0.3) is 10.9 Å². The number of pyridine rings is 1. The van der Waals surface area contributed by atoms with Gasteiger partial charge < -0.3 is 9.64 Å². The molecule has 1 aliphatic carbocycles. The molecule has 33 heavy (non-hydrogen) atoms. The molecule has 178 valence electrons. The predicted octanol–water partition coefficient (Wildman–Crippen LogP) is 4.42. The van der Waals surface area contributed by atoms with Gasteiger partial charge in [-0.1, -0.05) is 24.1 Å². The molecule has 0 saturated heterocycles. The number of aromatic nitrogens is 1. The van der Waals surface area contributed by atoms with Crippen LogP contribution in [0.1, 0.15) is 56.9 Å². The minimum absolute atomic E-state index is 0.0185. The Morgan fingerprint density at radius 2 is 1.85 bits per heavy atom. The van der Waals surface area contributed by atoms with E-state index in [1.807, 2.05) is 0 Å². The molecular formula is C24H31ClN4O4. The first kappa shape index (κ1) is 24.8. The number of carbonyl (C=O) groups excluding carboxylic acids is 3. The highest BCUT2D eigenvalue weighted by atomic mass is 35.5. The van der Waals surface area contributed by atoms with Gasteiger partial charge in [0.25, 0.3) is 5.91 Å². The Morgan fingerprint density at radius 1 is 1.12 bits per heavy atom. The van der Waals surface area contributed by atoms with Gasteiger partial charge in [0.2, 0.25) is 5.91 Å². The van der Waals surface area contributed by atoms with E-state index >= 15 is 0 Å². The zero-order valence-electron chi connectivity index (χ0n) is 19.7. The number of nitrogens with zero attached hydrogens (tertiary/aromatic N) is 3. The predicted molar refractivity (Wildman–Crippen MR) is 127 cm³/mol. The third-order valence-electron chi connectivity index (χ3n) is 5.50. The fourth-order valence-electron chi connectivity index (χ4n) is 3.97. The number of ether oxygens (including phenoxy) is 1. The molecule has 1 N–H and O–H groups in total. The lowest BCUT2D eigenvalue weighted by Gasteiger charge is -2.37. The lowest BCUT2D eigenvalue weighted by molar-refractivity contribution is -0.134. The molecule has 0 spiro atoms. The van der Waals surface area contributed by atoms with Crippen molar-refractivity contribution >= 4 is 40.4 Å². The van der Waals surface area contributed by atoms with Crippen LogP contribution in [0.3, 0.4) is 0 Å². The topological polar surface area (TPSA) is 91.8 Å². The third-order valence-corrected chi connectivity index (χ3v) is 5.73. The van der Waals surface area contributed by atoms with E-state index in [9.17, 15) is 14.4 Å². The lowest BCUT2D eigenvalue weighted by atomic mass is 9.84. The average molecular weight is 475 g/mol. The summed E-state index contributed by atoms with van der Waals surface area (Å²) in [5.74, 6) is -0.729.